The number of furan rings is 1. The van der Waals surface area contributed by atoms with Gasteiger partial charge in [-0.2, -0.15) is 5.26 Å². The van der Waals surface area contributed by atoms with Crippen LogP contribution >= 0.6 is 11.6 Å². The highest BCUT2D eigenvalue weighted by atomic mass is 35.5. The molecule has 2 aromatic heterocycles. The molecule has 3 aromatic rings. The van der Waals surface area contributed by atoms with Crippen LogP contribution in [0.3, 0.4) is 0 Å². The van der Waals surface area contributed by atoms with E-state index >= 15 is 0 Å². The van der Waals surface area contributed by atoms with Crippen LogP contribution in [-0.2, 0) is 20.9 Å². The summed E-state index contributed by atoms with van der Waals surface area (Å²) in [6.07, 6.45) is 3.18. The van der Waals surface area contributed by atoms with Crippen molar-refractivity contribution in [3.63, 3.8) is 0 Å². The largest absolute Gasteiger partial charge is 0.488 e. The molecule has 1 N–H and O–H groups in total. The van der Waals surface area contributed by atoms with Gasteiger partial charge in [0, 0.05) is 16.3 Å². The fourth-order valence-corrected chi connectivity index (χ4v) is 3.73. The minimum Gasteiger partial charge on any atom is -0.488 e. The summed E-state index contributed by atoms with van der Waals surface area (Å²) in [5.41, 5.74) is 2.83. The normalized spacial score (nSPS) is 12.2. The van der Waals surface area contributed by atoms with Crippen LogP contribution in [0.1, 0.15) is 28.1 Å². The SMILES string of the molecule is Cc1c(C#N)c(NC(=O)COC(=O)C2=Cc3cc(Cl)ccc3OC2)n(Cc2ccco2)c1C. The molecule has 0 unspecified atom stereocenters. The Morgan fingerprint density at radius 1 is 1.30 bits per heavy atom. The van der Waals surface area contributed by atoms with E-state index in [1.165, 1.54) is 0 Å². The molecule has 33 heavy (non-hydrogen) atoms. The number of benzene rings is 1. The van der Waals surface area contributed by atoms with Crippen molar-refractivity contribution < 1.29 is 23.5 Å². The number of hydrogen-bond donors (Lipinski definition) is 1. The van der Waals surface area contributed by atoms with Crippen LogP contribution in [-0.4, -0.2) is 29.7 Å². The summed E-state index contributed by atoms with van der Waals surface area (Å²) >= 11 is 5.99. The summed E-state index contributed by atoms with van der Waals surface area (Å²) in [6, 6.07) is 10.8. The number of nitrogens with one attached hydrogen (secondary N) is 1. The Kier molecular flexibility index (Phi) is 6.24. The van der Waals surface area contributed by atoms with E-state index in [9.17, 15) is 14.9 Å². The van der Waals surface area contributed by atoms with Crippen molar-refractivity contribution in [1.29, 1.82) is 5.26 Å². The van der Waals surface area contributed by atoms with Gasteiger partial charge in [0.25, 0.3) is 5.91 Å². The summed E-state index contributed by atoms with van der Waals surface area (Å²) < 4.78 is 17.9. The average Bonchev–Trinajstić information content (AvgIpc) is 3.39. The molecule has 0 bridgehead atoms. The lowest BCUT2D eigenvalue weighted by Gasteiger charge is -2.17. The van der Waals surface area contributed by atoms with Gasteiger partial charge in [0.05, 0.1) is 23.9 Å². The van der Waals surface area contributed by atoms with Crippen LogP contribution in [0.4, 0.5) is 5.82 Å². The Hall–Kier alpha value is -3.96. The number of esters is 1. The molecule has 0 aliphatic carbocycles. The summed E-state index contributed by atoms with van der Waals surface area (Å²) in [4.78, 5) is 25.0. The first-order valence-electron chi connectivity index (χ1n) is 10.1. The minimum atomic E-state index is -0.672. The molecular formula is C24H20ClN3O5. The molecule has 1 aromatic carbocycles. The lowest BCUT2D eigenvalue weighted by molar-refractivity contribution is -0.143. The van der Waals surface area contributed by atoms with E-state index in [1.54, 1.807) is 47.2 Å². The fraction of sp³-hybridized carbons (Fsp3) is 0.208. The maximum atomic E-state index is 12.6. The van der Waals surface area contributed by atoms with Crippen molar-refractivity contribution >= 4 is 35.4 Å². The second-order valence-corrected chi connectivity index (χ2v) is 7.91. The molecule has 4 rings (SSSR count). The second-order valence-electron chi connectivity index (χ2n) is 7.48. The number of nitrogens with zero attached hydrogens (tertiary/aromatic N) is 2. The van der Waals surface area contributed by atoms with Crippen LogP contribution in [0, 0.1) is 25.2 Å². The summed E-state index contributed by atoms with van der Waals surface area (Å²) in [5, 5.41) is 12.8. The highest BCUT2D eigenvalue weighted by Gasteiger charge is 2.23. The Labute approximate surface area is 195 Å². The van der Waals surface area contributed by atoms with Gasteiger partial charge in [-0.3, -0.25) is 4.79 Å². The van der Waals surface area contributed by atoms with Crippen molar-refractivity contribution in [2.75, 3.05) is 18.5 Å². The van der Waals surface area contributed by atoms with Gasteiger partial charge in [-0.1, -0.05) is 11.6 Å². The second kappa shape index (κ2) is 9.27. The standard InChI is InChI=1S/C24H20ClN3O5/c1-14-15(2)28(11-19-4-3-7-31-19)23(20(14)10-26)27-22(29)13-33-24(30)17-8-16-9-18(25)5-6-21(16)32-12-17/h3-9H,11-13H2,1-2H3,(H,27,29). The molecule has 0 atom stereocenters. The van der Waals surface area contributed by atoms with E-state index in [2.05, 4.69) is 11.4 Å². The zero-order valence-electron chi connectivity index (χ0n) is 18.0. The molecular weight excluding hydrogens is 446 g/mol. The number of rotatable bonds is 6. The number of amides is 1. The number of carbonyl (C=O) groups excluding carboxylic acids is 2. The molecule has 1 aliphatic rings. The average molecular weight is 466 g/mol. The van der Waals surface area contributed by atoms with Crippen LogP contribution in [0.2, 0.25) is 5.02 Å². The van der Waals surface area contributed by atoms with Gasteiger partial charge >= 0.3 is 5.97 Å². The summed E-state index contributed by atoms with van der Waals surface area (Å²) in [6.45, 7) is 3.50. The summed E-state index contributed by atoms with van der Waals surface area (Å²) in [7, 11) is 0. The molecule has 0 fully saturated rings. The zero-order chi connectivity index (χ0) is 23.5. The van der Waals surface area contributed by atoms with Crippen LogP contribution in [0.25, 0.3) is 6.08 Å². The Balaban J connectivity index is 1.46. The predicted octanol–water partition coefficient (Wildman–Crippen LogP) is 4.23. The number of anilines is 1. The summed E-state index contributed by atoms with van der Waals surface area (Å²) in [5.74, 6) is 0.368. The first kappa shape index (κ1) is 22.2. The Morgan fingerprint density at radius 3 is 2.85 bits per heavy atom. The van der Waals surface area contributed by atoms with Gasteiger partial charge in [0.2, 0.25) is 0 Å². The molecule has 0 saturated carbocycles. The third kappa shape index (κ3) is 4.64. The molecule has 168 valence electrons. The number of aromatic nitrogens is 1. The molecule has 1 amide bonds. The quantitative estimate of drug-likeness (QED) is 0.546. The van der Waals surface area contributed by atoms with E-state index in [1.807, 2.05) is 13.8 Å². The first-order chi connectivity index (χ1) is 15.9. The predicted molar refractivity (Wildman–Crippen MR) is 121 cm³/mol. The monoisotopic (exact) mass is 465 g/mol. The van der Waals surface area contributed by atoms with Gasteiger partial charge in [0.1, 0.15) is 30.0 Å². The van der Waals surface area contributed by atoms with Crippen molar-refractivity contribution in [3.8, 4) is 11.8 Å². The number of halogens is 1. The van der Waals surface area contributed by atoms with Gasteiger partial charge in [-0.15, -0.1) is 0 Å². The van der Waals surface area contributed by atoms with Crippen LogP contribution in [0.5, 0.6) is 5.75 Å². The minimum absolute atomic E-state index is 0.0258. The van der Waals surface area contributed by atoms with Crippen molar-refractivity contribution in [2.24, 2.45) is 0 Å². The van der Waals surface area contributed by atoms with E-state index < -0.39 is 18.5 Å². The van der Waals surface area contributed by atoms with E-state index in [4.69, 9.17) is 25.5 Å². The third-order valence-corrected chi connectivity index (χ3v) is 5.61. The van der Waals surface area contributed by atoms with Gasteiger partial charge in [-0.25, -0.2) is 4.79 Å². The zero-order valence-corrected chi connectivity index (χ0v) is 18.7. The molecule has 0 spiro atoms. The first-order valence-corrected chi connectivity index (χ1v) is 10.5. The number of ether oxygens (including phenoxy) is 2. The number of carbonyl (C=O) groups is 2. The maximum absolute atomic E-state index is 12.6. The Morgan fingerprint density at radius 2 is 2.12 bits per heavy atom. The van der Waals surface area contributed by atoms with Crippen LogP contribution < -0.4 is 10.1 Å². The highest BCUT2D eigenvalue weighted by molar-refractivity contribution is 6.30. The number of nitriles is 1. The van der Waals surface area contributed by atoms with Gasteiger partial charge in [0.15, 0.2) is 6.61 Å². The molecule has 1 aliphatic heterocycles. The molecule has 0 radical (unpaired) electrons. The lowest BCUT2D eigenvalue weighted by atomic mass is 10.1. The van der Waals surface area contributed by atoms with E-state index in [0.717, 1.165) is 11.3 Å². The van der Waals surface area contributed by atoms with Crippen molar-refractivity contribution in [1.82, 2.24) is 4.57 Å². The van der Waals surface area contributed by atoms with E-state index in [0.29, 0.717) is 40.0 Å². The highest BCUT2D eigenvalue weighted by Crippen LogP contribution is 2.30. The molecule has 0 saturated heterocycles. The van der Waals surface area contributed by atoms with Crippen molar-refractivity contribution in [2.45, 2.75) is 20.4 Å². The van der Waals surface area contributed by atoms with Gasteiger partial charge < -0.3 is 23.8 Å². The number of fused-ring (bicyclic) bond motifs is 1. The van der Waals surface area contributed by atoms with E-state index in [-0.39, 0.29) is 12.2 Å². The molecule has 8 nitrogen and oxygen atoms in total. The topological polar surface area (TPSA) is 106 Å². The van der Waals surface area contributed by atoms with Crippen molar-refractivity contribution in [3.05, 3.63) is 75.3 Å². The molecule has 9 heteroatoms. The Bertz CT molecular complexity index is 1300. The lowest BCUT2D eigenvalue weighted by Crippen LogP contribution is -2.25. The smallest absolute Gasteiger partial charge is 0.338 e. The van der Waals surface area contributed by atoms with Gasteiger partial charge in [-0.05, 0) is 55.8 Å². The number of hydrogen-bond acceptors (Lipinski definition) is 6. The van der Waals surface area contributed by atoms with Crippen LogP contribution in [0.15, 0.2) is 46.6 Å². The molecule has 3 heterocycles. The fourth-order valence-electron chi connectivity index (χ4n) is 3.54. The maximum Gasteiger partial charge on any atom is 0.338 e. The third-order valence-electron chi connectivity index (χ3n) is 5.37.